The van der Waals surface area contributed by atoms with Crippen LogP contribution >= 0.6 is 0 Å². The van der Waals surface area contributed by atoms with E-state index in [-0.39, 0.29) is 0 Å². The number of unbranched alkanes of at least 4 members (excludes halogenated alkanes) is 2. The summed E-state index contributed by atoms with van der Waals surface area (Å²) in [6.45, 7) is 4.24. The minimum Gasteiger partial charge on any atom is -0.478 e. The first kappa shape index (κ1) is 13.8. The lowest BCUT2D eigenvalue weighted by Crippen LogP contribution is -2.07. The summed E-state index contributed by atoms with van der Waals surface area (Å²) >= 11 is 0. The van der Waals surface area contributed by atoms with Gasteiger partial charge in [-0.2, -0.15) is 0 Å². The number of carboxylic acids is 1. The van der Waals surface area contributed by atoms with Gasteiger partial charge in [0.1, 0.15) is 0 Å². The lowest BCUT2D eigenvalue weighted by atomic mass is 9.94. The molecular formula is C15H22O2. The van der Waals surface area contributed by atoms with Gasteiger partial charge in [-0.05, 0) is 30.4 Å². The molecule has 0 spiro atoms. The number of hydrogen-bond donors (Lipinski definition) is 1. The van der Waals surface area contributed by atoms with Crippen molar-refractivity contribution in [3.8, 4) is 0 Å². The molecule has 1 aromatic rings. The molecule has 0 aromatic heterocycles. The largest absolute Gasteiger partial charge is 0.478 e. The summed E-state index contributed by atoms with van der Waals surface area (Å²) in [7, 11) is 0. The van der Waals surface area contributed by atoms with Crippen molar-refractivity contribution in [2.24, 2.45) is 0 Å². The number of carboxylic acid groups (broad SMARTS) is 1. The van der Waals surface area contributed by atoms with E-state index in [2.05, 4.69) is 13.8 Å². The Morgan fingerprint density at radius 1 is 1.06 bits per heavy atom. The minimum atomic E-state index is -0.777. The lowest BCUT2D eigenvalue weighted by molar-refractivity contribution is 0.0694. The standard InChI is InChI=1S/C15H22O2/c1-3-5-6-9-13-11-7-10-12(8-4-2)14(13)15(16)17/h7,10-11H,3-6,8-9H2,1-2H3,(H,16,17). The van der Waals surface area contributed by atoms with Gasteiger partial charge in [-0.3, -0.25) is 0 Å². The van der Waals surface area contributed by atoms with E-state index in [1.165, 1.54) is 0 Å². The molecule has 0 aliphatic rings. The molecule has 1 aromatic carbocycles. The van der Waals surface area contributed by atoms with E-state index in [0.717, 1.165) is 49.7 Å². The molecule has 0 aliphatic carbocycles. The van der Waals surface area contributed by atoms with Crippen LogP contribution < -0.4 is 0 Å². The van der Waals surface area contributed by atoms with Gasteiger partial charge in [0.15, 0.2) is 0 Å². The van der Waals surface area contributed by atoms with Crippen LogP contribution in [-0.4, -0.2) is 11.1 Å². The van der Waals surface area contributed by atoms with Crippen molar-refractivity contribution in [2.45, 2.75) is 52.4 Å². The summed E-state index contributed by atoms with van der Waals surface area (Å²) in [6, 6.07) is 5.88. The Balaban J connectivity index is 2.94. The summed E-state index contributed by atoms with van der Waals surface area (Å²) in [6.07, 6.45) is 6.12. The molecule has 0 bridgehead atoms. The van der Waals surface area contributed by atoms with Gasteiger partial charge in [0.05, 0.1) is 5.56 Å². The predicted molar refractivity (Wildman–Crippen MR) is 70.6 cm³/mol. The maximum Gasteiger partial charge on any atom is 0.336 e. The van der Waals surface area contributed by atoms with E-state index in [9.17, 15) is 9.90 Å². The fraction of sp³-hybridized carbons (Fsp3) is 0.533. The van der Waals surface area contributed by atoms with Crippen molar-refractivity contribution < 1.29 is 9.90 Å². The van der Waals surface area contributed by atoms with Gasteiger partial charge in [-0.25, -0.2) is 4.79 Å². The maximum absolute atomic E-state index is 11.4. The molecular weight excluding hydrogens is 212 g/mol. The second-order valence-corrected chi connectivity index (χ2v) is 4.46. The number of aromatic carboxylic acids is 1. The number of hydrogen-bond acceptors (Lipinski definition) is 1. The molecule has 2 heteroatoms. The van der Waals surface area contributed by atoms with Crippen LogP contribution in [0, 0.1) is 0 Å². The third-order valence-electron chi connectivity index (χ3n) is 3.02. The molecule has 0 aliphatic heterocycles. The van der Waals surface area contributed by atoms with E-state index in [0.29, 0.717) is 5.56 Å². The Kier molecular flexibility index (Phi) is 5.75. The summed E-state index contributed by atoms with van der Waals surface area (Å²) in [5, 5.41) is 9.33. The highest BCUT2D eigenvalue weighted by Crippen LogP contribution is 2.19. The predicted octanol–water partition coefficient (Wildman–Crippen LogP) is 4.07. The molecule has 0 heterocycles. The van der Waals surface area contributed by atoms with Gasteiger partial charge in [-0.1, -0.05) is 51.3 Å². The Morgan fingerprint density at radius 2 is 1.71 bits per heavy atom. The number of aryl methyl sites for hydroxylation is 2. The molecule has 94 valence electrons. The van der Waals surface area contributed by atoms with Crippen LogP contribution in [0.1, 0.15) is 61.0 Å². The second kappa shape index (κ2) is 7.10. The van der Waals surface area contributed by atoms with E-state index >= 15 is 0 Å². The molecule has 0 unspecified atom stereocenters. The number of rotatable bonds is 7. The van der Waals surface area contributed by atoms with E-state index in [1.807, 2.05) is 18.2 Å². The third-order valence-corrected chi connectivity index (χ3v) is 3.02. The zero-order chi connectivity index (χ0) is 12.7. The molecule has 0 atom stereocenters. The molecule has 2 nitrogen and oxygen atoms in total. The smallest absolute Gasteiger partial charge is 0.336 e. The van der Waals surface area contributed by atoms with Crippen LogP contribution in [0.2, 0.25) is 0 Å². The molecule has 0 radical (unpaired) electrons. The molecule has 1 rings (SSSR count). The highest BCUT2D eigenvalue weighted by molar-refractivity contribution is 5.91. The molecule has 0 fully saturated rings. The van der Waals surface area contributed by atoms with Crippen molar-refractivity contribution in [3.05, 3.63) is 34.9 Å². The van der Waals surface area contributed by atoms with Crippen LogP contribution in [0.25, 0.3) is 0 Å². The van der Waals surface area contributed by atoms with Crippen LogP contribution in [-0.2, 0) is 12.8 Å². The maximum atomic E-state index is 11.4. The van der Waals surface area contributed by atoms with E-state index in [1.54, 1.807) is 0 Å². The Morgan fingerprint density at radius 3 is 2.24 bits per heavy atom. The van der Waals surface area contributed by atoms with E-state index in [4.69, 9.17) is 0 Å². The molecule has 0 saturated heterocycles. The topological polar surface area (TPSA) is 37.3 Å². The average molecular weight is 234 g/mol. The fourth-order valence-corrected chi connectivity index (χ4v) is 2.18. The van der Waals surface area contributed by atoms with Crippen molar-refractivity contribution in [2.75, 3.05) is 0 Å². The van der Waals surface area contributed by atoms with Crippen LogP contribution in [0.5, 0.6) is 0 Å². The zero-order valence-corrected chi connectivity index (χ0v) is 10.8. The fourth-order valence-electron chi connectivity index (χ4n) is 2.18. The minimum absolute atomic E-state index is 0.547. The summed E-state index contributed by atoms with van der Waals surface area (Å²) in [4.78, 5) is 11.4. The van der Waals surface area contributed by atoms with Gasteiger partial charge in [0.2, 0.25) is 0 Å². The molecule has 0 saturated carbocycles. The third kappa shape index (κ3) is 3.88. The van der Waals surface area contributed by atoms with Gasteiger partial charge >= 0.3 is 5.97 Å². The van der Waals surface area contributed by atoms with Gasteiger partial charge in [0, 0.05) is 0 Å². The first-order valence-corrected chi connectivity index (χ1v) is 6.54. The van der Waals surface area contributed by atoms with Crippen molar-refractivity contribution in [3.63, 3.8) is 0 Å². The average Bonchev–Trinajstić information content (AvgIpc) is 2.29. The Bertz CT molecular complexity index is 369. The molecule has 0 amide bonds. The van der Waals surface area contributed by atoms with Crippen LogP contribution in [0.3, 0.4) is 0 Å². The SMILES string of the molecule is CCCCCc1cccc(CCC)c1C(=O)O. The molecule has 17 heavy (non-hydrogen) atoms. The highest BCUT2D eigenvalue weighted by Gasteiger charge is 2.14. The number of benzene rings is 1. The molecule has 1 N–H and O–H groups in total. The summed E-state index contributed by atoms with van der Waals surface area (Å²) in [5.41, 5.74) is 2.52. The number of carbonyl (C=O) groups is 1. The quantitative estimate of drug-likeness (QED) is 0.722. The van der Waals surface area contributed by atoms with Gasteiger partial charge < -0.3 is 5.11 Å². The van der Waals surface area contributed by atoms with Crippen LogP contribution in [0.4, 0.5) is 0 Å². The van der Waals surface area contributed by atoms with Crippen molar-refractivity contribution >= 4 is 5.97 Å². The first-order valence-electron chi connectivity index (χ1n) is 6.54. The van der Waals surface area contributed by atoms with Gasteiger partial charge in [-0.15, -0.1) is 0 Å². The normalized spacial score (nSPS) is 10.5. The van der Waals surface area contributed by atoms with Crippen molar-refractivity contribution in [1.29, 1.82) is 0 Å². The van der Waals surface area contributed by atoms with Crippen molar-refractivity contribution in [1.82, 2.24) is 0 Å². The monoisotopic (exact) mass is 234 g/mol. The van der Waals surface area contributed by atoms with Gasteiger partial charge in [0.25, 0.3) is 0 Å². The summed E-state index contributed by atoms with van der Waals surface area (Å²) < 4.78 is 0. The summed E-state index contributed by atoms with van der Waals surface area (Å²) in [5.74, 6) is -0.777. The highest BCUT2D eigenvalue weighted by atomic mass is 16.4. The lowest BCUT2D eigenvalue weighted by Gasteiger charge is -2.10. The Labute approximate surface area is 104 Å². The van der Waals surface area contributed by atoms with Crippen LogP contribution in [0.15, 0.2) is 18.2 Å². The van der Waals surface area contributed by atoms with E-state index < -0.39 is 5.97 Å². The Hall–Kier alpha value is -1.31. The second-order valence-electron chi connectivity index (χ2n) is 4.46. The zero-order valence-electron chi connectivity index (χ0n) is 10.8. The first-order chi connectivity index (χ1) is 8.20.